The van der Waals surface area contributed by atoms with Crippen LogP contribution in [0.2, 0.25) is 5.02 Å². The van der Waals surface area contributed by atoms with E-state index in [2.05, 4.69) is 46.2 Å². The smallest absolute Gasteiger partial charge is 0.188 e. The van der Waals surface area contributed by atoms with Crippen molar-refractivity contribution in [3.63, 3.8) is 0 Å². The van der Waals surface area contributed by atoms with E-state index in [9.17, 15) is 0 Å². The predicted molar refractivity (Wildman–Crippen MR) is 94.8 cm³/mol. The number of benzene rings is 2. The molecule has 2 aromatic carbocycles. The fraction of sp³-hybridized carbons (Fsp3) is 0.333. The molecule has 4 nitrogen and oxygen atoms in total. The van der Waals surface area contributed by atoms with E-state index in [1.807, 2.05) is 12.1 Å². The van der Waals surface area contributed by atoms with Gasteiger partial charge in [-0.2, -0.15) is 0 Å². The van der Waals surface area contributed by atoms with E-state index < -0.39 is 0 Å². The van der Waals surface area contributed by atoms with Gasteiger partial charge in [-0.15, -0.1) is 0 Å². The highest BCUT2D eigenvalue weighted by Crippen LogP contribution is 2.30. The number of hydrogen-bond acceptors (Lipinski definition) is 4. The van der Waals surface area contributed by atoms with Gasteiger partial charge in [0, 0.05) is 44.7 Å². The number of halogens is 1. The zero-order valence-electron chi connectivity index (χ0n) is 13.2. The third kappa shape index (κ3) is 3.89. The molecular weight excluding hydrogens is 312 g/mol. The third-order valence-electron chi connectivity index (χ3n) is 4.01. The molecule has 0 aromatic heterocycles. The van der Waals surface area contributed by atoms with Crippen LogP contribution in [-0.4, -0.2) is 40.1 Å². The Kier molecular flexibility index (Phi) is 5.26. The van der Waals surface area contributed by atoms with Crippen molar-refractivity contribution < 1.29 is 9.47 Å². The number of nitrogens with zero attached hydrogens (tertiary/aromatic N) is 2. The van der Waals surface area contributed by atoms with Gasteiger partial charge in [0.05, 0.1) is 5.02 Å². The lowest BCUT2D eigenvalue weighted by Crippen LogP contribution is -2.46. The fourth-order valence-electron chi connectivity index (χ4n) is 2.79. The van der Waals surface area contributed by atoms with Gasteiger partial charge in [-0.3, -0.25) is 0 Å². The molecular formula is C18H21ClN2O2. The zero-order valence-corrected chi connectivity index (χ0v) is 14.0. The van der Waals surface area contributed by atoms with Crippen molar-refractivity contribution >= 4 is 23.0 Å². The molecule has 5 heteroatoms. The summed E-state index contributed by atoms with van der Waals surface area (Å²) in [6.45, 7) is 4.16. The number of ether oxygens (including phenoxy) is 2. The number of methoxy groups -OCH3 is 1. The molecule has 1 aliphatic heterocycles. The number of hydrogen-bond donors (Lipinski definition) is 0. The van der Waals surface area contributed by atoms with Crippen LogP contribution in [0.1, 0.15) is 0 Å². The zero-order chi connectivity index (χ0) is 16.1. The minimum absolute atomic E-state index is 0.203. The molecule has 0 saturated carbocycles. The lowest BCUT2D eigenvalue weighted by molar-refractivity contribution is 0.0512. The largest absolute Gasteiger partial charge is 0.466 e. The normalized spacial score (nSPS) is 14.9. The molecule has 0 spiro atoms. The second kappa shape index (κ2) is 7.57. The van der Waals surface area contributed by atoms with Crippen LogP contribution in [0.5, 0.6) is 5.75 Å². The standard InChI is InChI=1S/C18H21ClN2O2/c1-22-14-23-18-8-7-16(13-17(18)19)21-11-9-20(10-12-21)15-5-3-2-4-6-15/h2-8,13H,9-12,14H2,1H3. The predicted octanol–water partition coefficient (Wildman–Crippen LogP) is 3.65. The summed E-state index contributed by atoms with van der Waals surface area (Å²) in [7, 11) is 1.59. The molecule has 0 radical (unpaired) electrons. The van der Waals surface area contributed by atoms with E-state index in [1.165, 1.54) is 5.69 Å². The summed E-state index contributed by atoms with van der Waals surface area (Å²) in [4.78, 5) is 4.76. The average molecular weight is 333 g/mol. The second-order valence-corrected chi connectivity index (χ2v) is 5.88. The van der Waals surface area contributed by atoms with Crippen LogP contribution in [0.4, 0.5) is 11.4 Å². The number of para-hydroxylation sites is 1. The van der Waals surface area contributed by atoms with Crippen LogP contribution in [0.15, 0.2) is 48.5 Å². The van der Waals surface area contributed by atoms with Crippen LogP contribution < -0.4 is 14.5 Å². The molecule has 3 rings (SSSR count). The quantitative estimate of drug-likeness (QED) is 0.780. The van der Waals surface area contributed by atoms with Crippen LogP contribution in [-0.2, 0) is 4.74 Å². The van der Waals surface area contributed by atoms with E-state index in [0.29, 0.717) is 10.8 Å². The van der Waals surface area contributed by atoms with Gasteiger partial charge < -0.3 is 19.3 Å². The second-order valence-electron chi connectivity index (χ2n) is 5.48. The summed E-state index contributed by atoms with van der Waals surface area (Å²) in [5, 5.41) is 0.616. The van der Waals surface area contributed by atoms with Crippen LogP contribution in [0.25, 0.3) is 0 Å². The van der Waals surface area contributed by atoms with E-state index >= 15 is 0 Å². The van der Waals surface area contributed by atoms with Crippen molar-refractivity contribution in [1.29, 1.82) is 0 Å². The Labute approximate surface area is 142 Å². The fourth-order valence-corrected chi connectivity index (χ4v) is 3.02. The first kappa shape index (κ1) is 16.0. The molecule has 0 unspecified atom stereocenters. The molecule has 0 atom stereocenters. The maximum atomic E-state index is 6.29. The van der Waals surface area contributed by atoms with Crippen molar-refractivity contribution in [1.82, 2.24) is 0 Å². The monoisotopic (exact) mass is 332 g/mol. The topological polar surface area (TPSA) is 24.9 Å². The summed E-state index contributed by atoms with van der Waals surface area (Å²) in [5.41, 5.74) is 2.42. The van der Waals surface area contributed by atoms with Crippen molar-refractivity contribution in [3.8, 4) is 5.75 Å². The van der Waals surface area contributed by atoms with Gasteiger partial charge in [0.1, 0.15) is 5.75 Å². The van der Waals surface area contributed by atoms with Crippen molar-refractivity contribution in [2.24, 2.45) is 0 Å². The van der Waals surface area contributed by atoms with Crippen molar-refractivity contribution in [2.75, 3.05) is 49.9 Å². The molecule has 23 heavy (non-hydrogen) atoms. The highest BCUT2D eigenvalue weighted by molar-refractivity contribution is 6.32. The van der Waals surface area contributed by atoms with Crippen LogP contribution >= 0.6 is 11.6 Å². The Hall–Kier alpha value is -1.91. The first-order valence-corrected chi connectivity index (χ1v) is 8.12. The molecule has 2 aromatic rings. The summed E-state index contributed by atoms with van der Waals surface area (Å²) in [5.74, 6) is 0.653. The highest BCUT2D eigenvalue weighted by atomic mass is 35.5. The number of piperazine rings is 1. The van der Waals surface area contributed by atoms with Gasteiger partial charge in [-0.1, -0.05) is 29.8 Å². The number of anilines is 2. The van der Waals surface area contributed by atoms with Crippen LogP contribution in [0.3, 0.4) is 0 Å². The Morgan fingerprint density at radius 3 is 2.17 bits per heavy atom. The van der Waals surface area contributed by atoms with Gasteiger partial charge >= 0.3 is 0 Å². The molecule has 1 heterocycles. The summed E-state index contributed by atoms with van der Waals surface area (Å²) < 4.78 is 10.3. The van der Waals surface area contributed by atoms with E-state index in [0.717, 1.165) is 31.9 Å². The molecule has 122 valence electrons. The third-order valence-corrected chi connectivity index (χ3v) is 4.31. The first-order valence-electron chi connectivity index (χ1n) is 7.74. The van der Waals surface area contributed by atoms with E-state index in [4.69, 9.17) is 21.1 Å². The first-order chi connectivity index (χ1) is 11.3. The maximum Gasteiger partial charge on any atom is 0.188 e. The Morgan fingerprint density at radius 1 is 0.913 bits per heavy atom. The molecule has 0 bridgehead atoms. The van der Waals surface area contributed by atoms with Crippen molar-refractivity contribution in [2.45, 2.75) is 0 Å². The minimum Gasteiger partial charge on any atom is -0.466 e. The van der Waals surface area contributed by atoms with Crippen LogP contribution in [0, 0.1) is 0 Å². The summed E-state index contributed by atoms with van der Waals surface area (Å²) in [6.07, 6.45) is 0. The van der Waals surface area contributed by atoms with Gasteiger partial charge in [-0.05, 0) is 30.3 Å². The molecule has 1 fully saturated rings. The summed E-state index contributed by atoms with van der Waals surface area (Å²) >= 11 is 6.29. The molecule has 0 N–H and O–H groups in total. The average Bonchev–Trinajstić information content (AvgIpc) is 2.61. The highest BCUT2D eigenvalue weighted by Gasteiger charge is 2.18. The van der Waals surface area contributed by atoms with Gasteiger partial charge in [0.15, 0.2) is 6.79 Å². The lowest BCUT2D eigenvalue weighted by Gasteiger charge is -2.37. The van der Waals surface area contributed by atoms with E-state index in [1.54, 1.807) is 7.11 Å². The molecule has 1 saturated heterocycles. The summed E-state index contributed by atoms with van der Waals surface area (Å²) in [6, 6.07) is 16.5. The number of rotatable bonds is 5. The Balaban J connectivity index is 1.62. The van der Waals surface area contributed by atoms with E-state index in [-0.39, 0.29) is 6.79 Å². The van der Waals surface area contributed by atoms with Gasteiger partial charge in [-0.25, -0.2) is 0 Å². The Morgan fingerprint density at radius 2 is 1.57 bits per heavy atom. The molecule has 0 amide bonds. The molecule has 1 aliphatic rings. The van der Waals surface area contributed by atoms with Crippen molar-refractivity contribution in [3.05, 3.63) is 53.6 Å². The minimum atomic E-state index is 0.203. The lowest BCUT2D eigenvalue weighted by atomic mass is 10.2. The SMILES string of the molecule is COCOc1ccc(N2CCN(c3ccccc3)CC2)cc1Cl. The van der Waals surface area contributed by atoms with Gasteiger partial charge in [0.25, 0.3) is 0 Å². The molecule has 0 aliphatic carbocycles. The maximum absolute atomic E-state index is 6.29. The Bertz CT molecular complexity index is 628. The van der Waals surface area contributed by atoms with Gasteiger partial charge in [0.2, 0.25) is 0 Å².